The van der Waals surface area contributed by atoms with Gasteiger partial charge >= 0.3 is 0 Å². The smallest absolute Gasteiger partial charge is 0.151 e. The largest absolute Gasteiger partial charge is 0.368 e. The Bertz CT molecular complexity index is 303. The van der Waals surface area contributed by atoms with Crippen LogP contribution in [0.15, 0.2) is 12.2 Å². The van der Waals surface area contributed by atoms with Crippen molar-refractivity contribution in [3.05, 3.63) is 12.2 Å². The molecule has 1 saturated carbocycles. The molecule has 0 spiro atoms. The first kappa shape index (κ1) is 14.0. The number of rotatable bonds is 6. The van der Waals surface area contributed by atoms with Crippen LogP contribution in [0.4, 0.5) is 0 Å². The molecule has 2 aliphatic rings. The average Bonchev–Trinajstić information content (AvgIpc) is 3.05. The van der Waals surface area contributed by atoms with E-state index in [1.54, 1.807) is 0 Å². The summed E-state index contributed by atoms with van der Waals surface area (Å²) in [6.07, 6.45) is 8.52. The summed E-state index contributed by atoms with van der Waals surface area (Å²) in [5.74, 6) is 1.47. The highest BCUT2D eigenvalue weighted by molar-refractivity contribution is 5.22. The van der Waals surface area contributed by atoms with Crippen LogP contribution in [0.3, 0.4) is 0 Å². The molecule has 3 nitrogen and oxygen atoms in total. The van der Waals surface area contributed by atoms with E-state index in [-0.39, 0.29) is 0 Å². The highest BCUT2D eigenvalue weighted by Crippen LogP contribution is 2.63. The number of hydrogen-bond acceptors (Lipinski definition) is 3. The number of nitrogens with one attached hydrogen (secondary N) is 1. The van der Waals surface area contributed by atoms with Crippen LogP contribution < -0.4 is 5.32 Å². The van der Waals surface area contributed by atoms with E-state index in [0.717, 1.165) is 25.3 Å². The first-order valence-corrected chi connectivity index (χ1v) is 7.37. The van der Waals surface area contributed by atoms with E-state index >= 15 is 0 Å². The fourth-order valence-electron chi connectivity index (χ4n) is 3.92. The van der Waals surface area contributed by atoms with Gasteiger partial charge in [0, 0.05) is 6.04 Å². The fourth-order valence-corrected chi connectivity index (χ4v) is 3.92. The second-order valence-corrected chi connectivity index (χ2v) is 5.95. The molecule has 1 aliphatic heterocycles. The van der Waals surface area contributed by atoms with Crippen molar-refractivity contribution >= 4 is 0 Å². The number of aliphatic hydroxyl groups excluding tert-OH is 1. The summed E-state index contributed by atoms with van der Waals surface area (Å²) in [7, 11) is 0. The molecule has 0 amide bonds. The van der Waals surface area contributed by atoms with Crippen LogP contribution in [0.1, 0.15) is 46.0 Å². The molecule has 104 valence electrons. The Morgan fingerprint density at radius 2 is 2.22 bits per heavy atom. The van der Waals surface area contributed by atoms with Gasteiger partial charge in [-0.3, -0.25) is 0 Å². The Balaban J connectivity index is 1.94. The van der Waals surface area contributed by atoms with Crippen molar-refractivity contribution in [3.8, 4) is 0 Å². The third-order valence-corrected chi connectivity index (χ3v) is 4.91. The maximum Gasteiger partial charge on any atom is 0.151 e. The lowest BCUT2D eigenvalue weighted by Crippen LogP contribution is -2.44. The molecule has 0 aromatic rings. The normalized spacial score (nSPS) is 39.3. The molecule has 4 unspecified atom stereocenters. The minimum Gasteiger partial charge on any atom is -0.368 e. The Labute approximate surface area is 110 Å². The molecule has 3 N–H and O–H groups in total. The SMILES string of the molecule is CC=CC12CC1C(CC)NCC2CCCC(O)O. The number of aliphatic hydroxyl groups is 2. The standard InChI is InChI=1S/C15H27NO2/c1-3-8-15-9-12(15)13(4-2)16-10-11(15)6-5-7-14(17)18/h3,8,11-14,16-18H,4-7,9-10H2,1-2H3. The molecule has 0 bridgehead atoms. The maximum atomic E-state index is 8.93. The highest BCUT2D eigenvalue weighted by Gasteiger charge is 2.61. The monoisotopic (exact) mass is 253 g/mol. The molecule has 0 aromatic heterocycles. The van der Waals surface area contributed by atoms with Crippen LogP contribution in [-0.4, -0.2) is 29.1 Å². The third kappa shape index (κ3) is 2.63. The summed E-state index contributed by atoms with van der Waals surface area (Å²) < 4.78 is 0. The maximum absolute atomic E-state index is 8.93. The van der Waals surface area contributed by atoms with E-state index in [1.807, 2.05) is 0 Å². The van der Waals surface area contributed by atoms with Gasteiger partial charge in [0.1, 0.15) is 0 Å². The zero-order chi connectivity index (χ0) is 13.2. The summed E-state index contributed by atoms with van der Waals surface area (Å²) in [4.78, 5) is 0. The van der Waals surface area contributed by atoms with Crippen molar-refractivity contribution in [2.45, 2.75) is 58.3 Å². The summed E-state index contributed by atoms with van der Waals surface area (Å²) in [6.45, 7) is 5.46. The molecule has 1 saturated heterocycles. The Hall–Kier alpha value is -0.380. The van der Waals surface area contributed by atoms with Crippen molar-refractivity contribution in [1.82, 2.24) is 5.32 Å². The molecule has 0 aromatic carbocycles. The van der Waals surface area contributed by atoms with Gasteiger partial charge in [0.15, 0.2) is 6.29 Å². The van der Waals surface area contributed by atoms with Gasteiger partial charge in [0.2, 0.25) is 0 Å². The molecule has 3 heteroatoms. The first-order valence-electron chi connectivity index (χ1n) is 7.37. The lowest BCUT2D eigenvalue weighted by molar-refractivity contribution is -0.0476. The number of fused-ring (bicyclic) bond motifs is 1. The minimum atomic E-state index is -1.14. The average molecular weight is 253 g/mol. The van der Waals surface area contributed by atoms with E-state index in [4.69, 9.17) is 10.2 Å². The van der Waals surface area contributed by atoms with Gasteiger partial charge in [-0.1, -0.05) is 19.1 Å². The molecular weight excluding hydrogens is 226 g/mol. The summed E-state index contributed by atoms with van der Waals surface area (Å²) in [5.41, 5.74) is 0.418. The summed E-state index contributed by atoms with van der Waals surface area (Å²) in [6, 6.07) is 0.681. The van der Waals surface area contributed by atoms with Gasteiger partial charge in [-0.25, -0.2) is 0 Å². The van der Waals surface area contributed by atoms with Crippen LogP contribution in [0.5, 0.6) is 0 Å². The lowest BCUT2D eigenvalue weighted by atomic mass is 9.78. The summed E-state index contributed by atoms with van der Waals surface area (Å²) in [5, 5.41) is 21.5. The van der Waals surface area contributed by atoms with Crippen LogP contribution in [0.2, 0.25) is 0 Å². The minimum absolute atomic E-state index is 0.418. The van der Waals surface area contributed by atoms with Gasteiger partial charge in [-0.05, 0) is 62.8 Å². The molecular formula is C15H27NO2. The molecule has 2 fully saturated rings. The predicted octanol–water partition coefficient (Wildman–Crippen LogP) is 2.05. The van der Waals surface area contributed by atoms with Crippen molar-refractivity contribution in [2.75, 3.05) is 6.54 Å². The van der Waals surface area contributed by atoms with Gasteiger partial charge in [0.05, 0.1) is 0 Å². The van der Waals surface area contributed by atoms with Gasteiger partial charge in [0.25, 0.3) is 0 Å². The number of allylic oxidation sites excluding steroid dienone is 2. The van der Waals surface area contributed by atoms with E-state index in [1.165, 1.54) is 12.8 Å². The van der Waals surface area contributed by atoms with Gasteiger partial charge in [-0.15, -0.1) is 0 Å². The van der Waals surface area contributed by atoms with E-state index in [2.05, 4.69) is 31.3 Å². The van der Waals surface area contributed by atoms with Crippen LogP contribution in [-0.2, 0) is 0 Å². The second-order valence-electron chi connectivity index (χ2n) is 5.95. The zero-order valence-electron chi connectivity index (χ0n) is 11.6. The van der Waals surface area contributed by atoms with Crippen molar-refractivity contribution in [3.63, 3.8) is 0 Å². The van der Waals surface area contributed by atoms with Gasteiger partial charge < -0.3 is 15.5 Å². The number of hydrogen-bond donors (Lipinski definition) is 3. The van der Waals surface area contributed by atoms with Crippen LogP contribution in [0.25, 0.3) is 0 Å². The quantitative estimate of drug-likeness (QED) is 0.501. The summed E-state index contributed by atoms with van der Waals surface area (Å²) >= 11 is 0. The lowest BCUT2D eigenvalue weighted by Gasteiger charge is -2.35. The molecule has 18 heavy (non-hydrogen) atoms. The predicted molar refractivity (Wildman–Crippen MR) is 73.0 cm³/mol. The Morgan fingerprint density at radius 1 is 1.44 bits per heavy atom. The third-order valence-electron chi connectivity index (χ3n) is 4.91. The van der Waals surface area contributed by atoms with Crippen molar-refractivity contribution in [2.24, 2.45) is 17.3 Å². The molecule has 0 radical (unpaired) electrons. The van der Waals surface area contributed by atoms with E-state index in [0.29, 0.717) is 23.8 Å². The van der Waals surface area contributed by atoms with E-state index < -0.39 is 6.29 Å². The van der Waals surface area contributed by atoms with Crippen molar-refractivity contribution in [1.29, 1.82) is 0 Å². The van der Waals surface area contributed by atoms with E-state index in [9.17, 15) is 0 Å². The van der Waals surface area contributed by atoms with Crippen molar-refractivity contribution < 1.29 is 10.2 Å². The topological polar surface area (TPSA) is 52.5 Å². The van der Waals surface area contributed by atoms with Crippen LogP contribution in [0, 0.1) is 17.3 Å². The Kier molecular flexibility index (Phi) is 4.46. The van der Waals surface area contributed by atoms with Gasteiger partial charge in [-0.2, -0.15) is 0 Å². The molecule has 2 rings (SSSR count). The molecule has 4 atom stereocenters. The second kappa shape index (κ2) is 5.72. The highest BCUT2D eigenvalue weighted by atomic mass is 16.5. The van der Waals surface area contributed by atoms with Crippen LogP contribution >= 0.6 is 0 Å². The number of piperidine rings is 1. The first-order chi connectivity index (χ1) is 8.64. The Morgan fingerprint density at radius 3 is 2.83 bits per heavy atom. The zero-order valence-corrected chi connectivity index (χ0v) is 11.6. The molecule has 1 heterocycles. The fraction of sp³-hybridized carbons (Fsp3) is 0.867. The molecule has 1 aliphatic carbocycles.